The fraction of sp³-hybridized carbons (Fsp3) is 0.385. The second-order valence-electron chi connectivity index (χ2n) is 4.50. The number of nitrogens with two attached hydrogens (primary N) is 1. The molecule has 1 unspecified atom stereocenters. The zero-order chi connectivity index (χ0) is 16.9. The molecule has 0 fully saturated rings. The Morgan fingerprint density at radius 2 is 2.14 bits per heavy atom. The van der Waals surface area contributed by atoms with Gasteiger partial charge >= 0.3 is 17.6 Å². The number of benzene rings is 1. The van der Waals surface area contributed by atoms with Crippen LogP contribution in [0, 0.1) is 10.1 Å². The van der Waals surface area contributed by atoms with Crippen LogP contribution in [0.3, 0.4) is 0 Å². The van der Waals surface area contributed by atoms with Gasteiger partial charge in [0.15, 0.2) is 6.17 Å². The Kier molecular flexibility index (Phi) is 5.79. The summed E-state index contributed by atoms with van der Waals surface area (Å²) in [5, 5.41) is 19.8. The zero-order valence-corrected chi connectivity index (χ0v) is 11.7. The molecule has 0 spiro atoms. The minimum Gasteiger partial charge on any atom is -0.478 e. The molecular weight excluding hydrogens is 299 g/mol. The molecule has 1 aromatic rings. The molecule has 0 radical (unpaired) electrons. The molecule has 8 nitrogen and oxygen atoms in total. The van der Waals surface area contributed by atoms with Crippen LogP contribution in [0.5, 0.6) is 5.75 Å². The Hall–Kier alpha value is -2.71. The molecule has 0 amide bonds. The van der Waals surface area contributed by atoms with Crippen LogP contribution < -0.4 is 10.5 Å². The maximum Gasteiger partial charge on any atom is 0.346 e. The Bertz CT molecular complexity index is 604. The van der Waals surface area contributed by atoms with Crippen molar-refractivity contribution in [3.8, 4) is 5.75 Å². The molecule has 9 heteroatoms. The molecule has 0 saturated carbocycles. The maximum absolute atomic E-state index is 13.5. The van der Waals surface area contributed by atoms with Crippen molar-refractivity contribution in [2.75, 3.05) is 5.73 Å². The second-order valence-corrected chi connectivity index (χ2v) is 4.50. The van der Waals surface area contributed by atoms with Gasteiger partial charge in [-0.3, -0.25) is 10.1 Å². The van der Waals surface area contributed by atoms with E-state index in [1.54, 1.807) is 0 Å². The summed E-state index contributed by atoms with van der Waals surface area (Å²) in [4.78, 5) is 32.4. The first-order chi connectivity index (χ1) is 10.3. The van der Waals surface area contributed by atoms with Gasteiger partial charge in [0.1, 0.15) is 0 Å². The monoisotopic (exact) mass is 314 g/mol. The van der Waals surface area contributed by atoms with E-state index in [4.69, 9.17) is 10.8 Å². The van der Waals surface area contributed by atoms with Crippen LogP contribution in [0.15, 0.2) is 12.1 Å². The predicted molar refractivity (Wildman–Crippen MR) is 74.5 cm³/mol. The molecule has 0 heterocycles. The molecule has 0 aliphatic carbocycles. The smallest absolute Gasteiger partial charge is 0.346 e. The highest BCUT2D eigenvalue weighted by atomic mass is 19.1. The summed E-state index contributed by atoms with van der Waals surface area (Å²) in [6.45, 7) is 1.81. The average molecular weight is 314 g/mol. The van der Waals surface area contributed by atoms with Gasteiger partial charge in [-0.2, -0.15) is 0 Å². The van der Waals surface area contributed by atoms with E-state index in [-0.39, 0.29) is 12.1 Å². The van der Waals surface area contributed by atoms with E-state index in [1.807, 2.05) is 6.92 Å². The largest absolute Gasteiger partial charge is 0.478 e. The first kappa shape index (κ1) is 17.3. The topological polar surface area (TPSA) is 133 Å². The number of nitro groups is 1. The number of carboxylic acid groups (broad SMARTS) is 1. The molecule has 1 aromatic carbocycles. The summed E-state index contributed by atoms with van der Waals surface area (Å²) in [6.07, 6.45) is -0.849. The van der Waals surface area contributed by atoms with E-state index in [1.165, 1.54) is 0 Å². The fourth-order valence-electron chi connectivity index (χ4n) is 1.67. The van der Waals surface area contributed by atoms with Crippen LogP contribution in [0.2, 0.25) is 0 Å². The zero-order valence-electron chi connectivity index (χ0n) is 11.7. The quantitative estimate of drug-likeness (QED) is 0.259. The van der Waals surface area contributed by atoms with Crippen LogP contribution >= 0.6 is 0 Å². The van der Waals surface area contributed by atoms with Gasteiger partial charge in [0.05, 0.1) is 16.2 Å². The lowest BCUT2D eigenvalue weighted by Crippen LogP contribution is -2.22. The van der Waals surface area contributed by atoms with Gasteiger partial charge in [-0.15, -0.1) is 0 Å². The van der Waals surface area contributed by atoms with Crippen LogP contribution in [-0.2, 0) is 4.79 Å². The number of alkyl halides is 1. The molecule has 0 saturated heterocycles. The summed E-state index contributed by atoms with van der Waals surface area (Å²) in [5.74, 6) is -3.33. The average Bonchev–Trinajstić information content (AvgIpc) is 2.43. The van der Waals surface area contributed by atoms with Crippen LogP contribution in [0.4, 0.5) is 15.8 Å². The van der Waals surface area contributed by atoms with Gasteiger partial charge in [-0.05, 0) is 6.42 Å². The molecular formula is C13H15FN2O6. The number of nitro benzene ring substituents is 1. The van der Waals surface area contributed by atoms with Crippen molar-refractivity contribution in [2.24, 2.45) is 0 Å². The number of unbranched alkanes of at least 4 members (excludes halogenated alkanes) is 1. The first-order valence-corrected chi connectivity index (χ1v) is 6.44. The molecule has 22 heavy (non-hydrogen) atoms. The SMILES string of the molecule is CCCCC(F)C(=O)Oc1cc(N)c(C(=O)O)cc1[N+](=O)[O-]. The highest BCUT2D eigenvalue weighted by Gasteiger charge is 2.26. The number of rotatable bonds is 7. The molecule has 0 bridgehead atoms. The van der Waals surface area contributed by atoms with Crippen molar-refractivity contribution in [2.45, 2.75) is 32.4 Å². The van der Waals surface area contributed by atoms with Gasteiger partial charge in [0.25, 0.3) is 0 Å². The maximum atomic E-state index is 13.5. The molecule has 0 aliphatic rings. The lowest BCUT2D eigenvalue weighted by atomic mass is 10.1. The molecule has 1 rings (SSSR count). The van der Waals surface area contributed by atoms with E-state index >= 15 is 0 Å². The van der Waals surface area contributed by atoms with Gasteiger partial charge < -0.3 is 15.6 Å². The van der Waals surface area contributed by atoms with Crippen molar-refractivity contribution in [3.63, 3.8) is 0 Å². The standard InChI is InChI=1S/C13H15FN2O6/c1-2-3-4-8(14)13(19)22-11-6-9(15)7(12(17)18)5-10(11)16(20)21/h5-6,8H,2-4,15H2,1H3,(H,17,18). The number of hydrogen-bond acceptors (Lipinski definition) is 6. The number of anilines is 1. The number of carboxylic acids is 1. The number of halogens is 1. The van der Waals surface area contributed by atoms with Crippen LogP contribution in [0.25, 0.3) is 0 Å². The Morgan fingerprint density at radius 1 is 1.50 bits per heavy atom. The van der Waals surface area contributed by atoms with Crippen LogP contribution in [-0.4, -0.2) is 28.1 Å². The lowest BCUT2D eigenvalue weighted by Gasteiger charge is -2.10. The molecule has 0 aromatic heterocycles. The summed E-state index contributed by atoms with van der Waals surface area (Å²) in [5.41, 5.74) is 3.83. The summed E-state index contributed by atoms with van der Waals surface area (Å²) in [7, 11) is 0. The van der Waals surface area contributed by atoms with E-state index in [0.29, 0.717) is 18.9 Å². The van der Waals surface area contributed by atoms with Crippen molar-refractivity contribution < 1.29 is 28.7 Å². The number of esters is 1. The Labute approximate surface area is 124 Å². The molecule has 120 valence electrons. The predicted octanol–water partition coefficient (Wildman–Crippen LogP) is 2.31. The van der Waals surface area contributed by atoms with Gasteiger partial charge in [-0.25, -0.2) is 14.0 Å². The van der Waals surface area contributed by atoms with E-state index < -0.39 is 40.0 Å². The third kappa shape index (κ3) is 4.14. The number of carbonyl (C=O) groups is 2. The molecule has 3 N–H and O–H groups in total. The summed E-state index contributed by atoms with van der Waals surface area (Å²) >= 11 is 0. The number of nitrogens with zero attached hydrogens (tertiary/aromatic N) is 1. The highest BCUT2D eigenvalue weighted by Crippen LogP contribution is 2.32. The van der Waals surface area contributed by atoms with E-state index in [2.05, 4.69) is 4.74 Å². The third-order valence-electron chi connectivity index (χ3n) is 2.84. The number of nitrogen functional groups attached to an aromatic ring is 1. The second kappa shape index (κ2) is 7.34. The van der Waals surface area contributed by atoms with Crippen LogP contribution in [0.1, 0.15) is 36.5 Å². The summed E-state index contributed by atoms with van der Waals surface area (Å²) in [6, 6.07) is 1.49. The number of carbonyl (C=O) groups excluding carboxylic acids is 1. The Morgan fingerprint density at radius 3 is 2.64 bits per heavy atom. The normalized spacial score (nSPS) is 11.7. The number of hydrogen-bond donors (Lipinski definition) is 2. The van der Waals surface area contributed by atoms with Crippen molar-refractivity contribution >= 4 is 23.3 Å². The minimum atomic E-state index is -1.92. The number of aromatic carboxylic acids is 1. The van der Waals surface area contributed by atoms with Gasteiger partial charge in [0.2, 0.25) is 5.75 Å². The van der Waals surface area contributed by atoms with Crippen molar-refractivity contribution in [1.29, 1.82) is 0 Å². The first-order valence-electron chi connectivity index (χ1n) is 6.44. The highest BCUT2D eigenvalue weighted by molar-refractivity contribution is 5.95. The summed E-state index contributed by atoms with van der Waals surface area (Å²) < 4.78 is 18.2. The third-order valence-corrected chi connectivity index (χ3v) is 2.84. The van der Waals surface area contributed by atoms with Crippen molar-refractivity contribution in [3.05, 3.63) is 27.8 Å². The van der Waals surface area contributed by atoms with Gasteiger partial charge in [0, 0.05) is 12.1 Å². The Balaban J connectivity index is 3.08. The molecule has 0 aliphatic heterocycles. The van der Waals surface area contributed by atoms with E-state index in [9.17, 15) is 24.1 Å². The van der Waals surface area contributed by atoms with Crippen molar-refractivity contribution in [1.82, 2.24) is 0 Å². The lowest BCUT2D eigenvalue weighted by molar-refractivity contribution is -0.385. The fourth-order valence-corrected chi connectivity index (χ4v) is 1.67. The van der Waals surface area contributed by atoms with Gasteiger partial charge in [-0.1, -0.05) is 19.8 Å². The molecule has 1 atom stereocenters. The number of ether oxygens (including phenoxy) is 1. The van der Waals surface area contributed by atoms with E-state index in [0.717, 1.165) is 6.07 Å². The minimum absolute atomic E-state index is 0.0637.